The van der Waals surface area contributed by atoms with Crippen molar-refractivity contribution in [2.24, 2.45) is 0 Å². The molecule has 2 rings (SSSR count). The third-order valence-electron chi connectivity index (χ3n) is 1.33. The van der Waals surface area contributed by atoms with E-state index in [9.17, 15) is 0 Å². The highest BCUT2D eigenvalue weighted by Crippen LogP contribution is 2.18. The second kappa shape index (κ2) is 2.14. The largest absolute Gasteiger partial charge is 0.487 e. The average Bonchev–Trinajstić information content (AvgIpc) is 2.05. The Bertz CT molecular complexity index is 268. The van der Waals surface area contributed by atoms with Gasteiger partial charge in [0, 0.05) is 12.3 Å². The van der Waals surface area contributed by atoms with Crippen LogP contribution in [0.4, 0.5) is 0 Å². The second-order valence-corrected chi connectivity index (χ2v) is 2.02. The molecular formula is C8H6NO. The van der Waals surface area contributed by atoms with Gasteiger partial charge in [-0.25, -0.2) is 0 Å². The van der Waals surface area contributed by atoms with Crippen molar-refractivity contribution in [1.29, 1.82) is 0 Å². The quantitative estimate of drug-likeness (QED) is 0.530. The molecule has 0 aromatic carbocycles. The van der Waals surface area contributed by atoms with Crippen molar-refractivity contribution in [3.63, 3.8) is 0 Å². The molecular weight excluding hydrogens is 126 g/mol. The van der Waals surface area contributed by atoms with Crippen molar-refractivity contribution < 1.29 is 4.74 Å². The van der Waals surface area contributed by atoms with E-state index in [1.54, 1.807) is 12.3 Å². The zero-order valence-corrected chi connectivity index (χ0v) is 5.37. The summed E-state index contributed by atoms with van der Waals surface area (Å²) in [6.07, 6.45) is 5.58. The number of rotatable bonds is 0. The number of pyridine rings is 1. The van der Waals surface area contributed by atoms with Crippen molar-refractivity contribution in [2.75, 3.05) is 6.61 Å². The minimum atomic E-state index is 0.634. The minimum absolute atomic E-state index is 0.634. The Morgan fingerprint density at radius 2 is 2.60 bits per heavy atom. The van der Waals surface area contributed by atoms with Crippen LogP contribution >= 0.6 is 0 Å². The lowest BCUT2D eigenvalue weighted by atomic mass is 10.3. The molecule has 0 saturated carbocycles. The Labute approximate surface area is 59.2 Å². The van der Waals surface area contributed by atoms with E-state index in [1.165, 1.54) is 0 Å². The van der Waals surface area contributed by atoms with Gasteiger partial charge in [-0.05, 0) is 18.2 Å². The van der Waals surface area contributed by atoms with Crippen molar-refractivity contribution >= 4 is 6.08 Å². The predicted molar refractivity (Wildman–Crippen MR) is 37.6 cm³/mol. The van der Waals surface area contributed by atoms with E-state index in [-0.39, 0.29) is 0 Å². The van der Waals surface area contributed by atoms with Crippen LogP contribution in [0.1, 0.15) is 5.69 Å². The van der Waals surface area contributed by atoms with E-state index in [1.807, 2.05) is 12.2 Å². The molecule has 0 aliphatic carbocycles. The molecule has 1 aliphatic heterocycles. The maximum absolute atomic E-state index is 5.22. The SMILES string of the molecule is [c]1ccnc2c1OCC=C2. The summed E-state index contributed by atoms with van der Waals surface area (Å²) in [7, 11) is 0. The van der Waals surface area contributed by atoms with Crippen molar-refractivity contribution in [2.45, 2.75) is 0 Å². The first-order valence-electron chi connectivity index (χ1n) is 3.13. The molecule has 2 nitrogen and oxygen atoms in total. The second-order valence-electron chi connectivity index (χ2n) is 2.02. The highest BCUT2D eigenvalue weighted by atomic mass is 16.5. The molecule has 0 unspecified atom stereocenters. The number of nitrogens with zero attached hydrogens (tertiary/aromatic N) is 1. The van der Waals surface area contributed by atoms with Crippen LogP contribution in [0.5, 0.6) is 5.75 Å². The molecule has 0 atom stereocenters. The summed E-state index contributed by atoms with van der Waals surface area (Å²) >= 11 is 0. The first-order valence-corrected chi connectivity index (χ1v) is 3.13. The normalized spacial score (nSPS) is 14.0. The van der Waals surface area contributed by atoms with Gasteiger partial charge in [-0.15, -0.1) is 0 Å². The smallest absolute Gasteiger partial charge is 0.153 e. The highest BCUT2D eigenvalue weighted by Gasteiger charge is 2.03. The maximum Gasteiger partial charge on any atom is 0.153 e. The zero-order valence-electron chi connectivity index (χ0n) is 5.37. The lowest BCUT2D eigenvalue weighted by Gasteiger charge is -2.08. The lowest BCUT2D eigenvalue weighted by molar-refractivity contribution is 0.356. The van der Waals surface area contributed by atoms with Crippen LogP contribution in [-0.2, 0) is 0 Å². The number of hydrogen-bond acceptors (Lipinski definition) is 2. The number of ether oxygens (including phenoxy) is 1. The Morgan fingerprint density at radius 3 is 3.50 bits per heavy atom. The maximum atomic E-state index is 5.22. The van der Waals surface area contributed by atoms with Crippen LogP contribution in [0, 0.1) is 6.07 Å². The number of hydrogen-bond donors (Lipinski definition) is 0. The van der Waals surface area contributed by atoms with Gasteiger partial charge in [-0.1, -0.05) is 0 Å². The highest BCUT2D eigenvalue weighted by molar-refractivity contribution is 5.54. The van der Waals surface area contributed by atoms with E-state index in [2.05, 4.69) is 11.1 Å². The van der Waals surface area contributed by atoms with Gasteiger partial charge in [0.2, 0.25) is 0 Å². The molecule has 0 saturated heterocycles. The molecule has 0 N–H and O–H groups in total. The minimum Gasteiger partial charge on any atom is -0.487 e. The Morgan fingerprint density at radius 1 is 1.60 bits per heavy atom. The van der Waals surface area contributed by atoms with Crippen molar-refractivity contribution in [1.82, 2.24) is 4.98 Å². The fraction of sp³-hybridized carbons (Fsp3) is 0.125. The number of aromatic nitrogens is 1. The van der Waals surface area contributed by atoms with E-state index in [0.717, 1.165) is 11.4 Å². The van der Waals surface area contributed by atoms with Gasteiger partial charge in [-0.3, -0.25) is 4.98 Å². The fourth-order valence-electron chi connectivity index (χ4n) is 0.889. The van der Waals surface area contributed by atoms with Gasteiger partial charge >= 0.3 is 0 Å². The van der Waals surface area contributed by atoms with Gasteiger partial charge in [0.1, 0.15) is 12.3 Å². The molecule has 1 aromatic heterocycles. The van der Waals surface area contributed by atoms with Gasteiger partial charge in [0.25, 0.3) is 0 Å². The summed E-state index contributed by atoms with van der Waals surface area (Å²) in [5.41, 5.74) is 0.869. The summed E-state index contributed by atoms with van der Waals surface area (Å²) in [5, 5.41) is 0. The van der Waals surface area contributed by atoms with Crippen LogP contribution in [0.25, 0.3) is 6.08 Å². The van der Waals surface area contributed by atoms with Crippen LogP contribution < -0.4 is 4.74 Å². The van der Waals surface area contributed by atoms with E-state index < -0.39 is 0 Å². The van der Waals surface area contributed by atoms with Gasteiger partial charge < -0.3 is 4.74 Å². The van der Waals surface area contributed by atoms with Crippen LogP contribution in [-0.4, -0.2) is 11.6 Å². The monoisotopic (exact) mass is 132 g/mol. The first-order chi connectivity index (χ1) is 4.97. The lowest BCUT2D eigenvalue weighted by Crippen LogP contribution is -2.00. The van der Waals surface area contributed by atoms with Crippen molar-refractivity contribution in [3.05, 3.63) is 30.1 Å². The molecule has 0 amide bonds. The molecule has 1 aromatic rings. The summed E-state index contributed by atoms with van der Waals surface area (Å²) in [4.78, 5) is 4.08. The van der Waals surface area contributed by atoms with Crippen LogP contribution in [0.15, 0.2) is 18.3 Å². The van der Waals surface area contributed by atoms with E-state index in [4.69, 9.17) is 4.74 Å². The standard InChI is InChI=1S/C8H6NO/c1-4-8-7(9-5-1)3-2-6-10-8/h1-3,5H,6H2. The molecule has 1 aliphatic rings. The molecule has 1 radical (unpaired) electrons. The first kappa shape index (κ1) is 5.47. The molecule has 2 heterocycles. The molecule has 0 fully saturated rings. The van der Waals surface area contributed by atoms with Gasteiger partial charge in [0.05, 0.1) is 0 Å². The average molecular weight is 132 g/mol. The van der Waals surface area contributed by atoms with Crippen LogP contribution in [0.3, 0.4) is 0 Å². The van der Waals surface area contributed by atoms with E-state index in [0.29, 0.717) is 6.61 Å². The molecule has 49 valence electrons. The van der Waals surface area contributed by atoms with Crippen LogP contribution in [0.2, 0.25) is 0 Å². The topological polar surface area (TPSA) is 22.1 Å². The molecule has 0 spiro atoms. The summed E-state index contributed by atoms with van der Waals surface area (Å²) in [5.74, 6) is 0.755. The van der Waals surface area contributed by atoms with Gasteiger partial charge in [0.15, 0.2) is 5.75 Å². The predicted octanol–water partition coefficient (Wildman–Crippen LogP) is 1.29. The fourth-order valence-corrected chi connectivity index (χ4v) is 0.889. The Kier molecular flexibility index (Phi) is 1.17. The molecule has 10 heavy (non-hydrogen) atoms. The molecule has 2 heteroatoms. The summed E-state index contributed by atoms with van der Waals surface area (Å²) in [6.45, 7) is 0.634. The number of fused-ring (bicyclic) bond motifs is 1. The van der Waals surface area contributed by atoms with E-state index >= 15 is 0 Å². The van der Waals surface area contributed by atoms with Gasteiger partial charge in [-0.2, -0.15) is 0 Å². The third-order valence-corrected chi connectivity index (χ3v) is 1.33. The zero-order chi connectivity index (χ0) is 6.81. The molecule has 0 bridgehead atoms. The Balaban J connectivity index is 2.54. The summed E-state index contributed by atoms with van der Waals surface area (Å²) < 4.78 is 5.22. The summed E-state index contributed by atoms with van der Waals surface area (Å²) in [6, 6.07) is 4.70. The third kappa shape index (κ3) is 0.778. The van der Waals surface area contributed by atoms with Crippen molar-refractivity contribution in [3.8, 4) is 5.75 Å². The Hall–Kier alpha value is -1.31.